The van der Waals surface area contributed by atoms with Crippen LogP contribution in [0.15, 0.2) is 12.3 Å². The minimum Gasteiger partial charge on any atom is -0.370 e. The third-order valence-electron chi connectivity index (χ3n) is 3.24. The van der Waals surface area contributed by atoms with Crippen LogP contribution in [0.2, 0.25) is 0 Å². The molecule has 1 heterocycles. The van der Waals surface area contributed by atoms with E-state index in [1.54, 1.807) is 0 Å². The van der Waals surface area contributed by atoms with Crippen molar-refractivity contribution < 1.29 is 9.18 Å². The van der Waals surface area contributed by atoms with Crippen molar-refractivity contribution in [1.82, 2.24) is 9.88 Å². The molecular weight excluding hydrogens is 257 g/mol. The van der Waals surface area contributed by atoms with Crippen LogP contribution in [-0.2, 0) is 0 Å². The predicted molar refractivity (Wildman–Crippen MR) is 77.3 cm³/mol. The molecule has 0 bridgehead atoms. The summed E-state index contributed by atoms with van der Waals surface area (Å²) in [4.78, 5) is 18.5. The summed E-state index contributed by atoms with van der Waals surface area (Å²) in [5, 5.41) is 3.03. The highest BCUT2D eigenvalue weighted by Gasteiger charge is 2.34. The van der Waals surface area contributed by atoms with Crippen LogP contribution in [0.5, 0.6) is 0 Å². The second-order valence-electron chi connectivity index (χ2n) is 5.66. The molecule has 0 unspecified atom stereocenters. The first-order chi connectivity index (χ1) is 9.52. The first kappa shape index (κ1) is 14.8. The zero-order valence-electron chi connectivity index (χ0n) is 12.3. The molecule has 1 saturated carbocycles. The largest absolute Gasteiger partial charge is 0.370 e. The van der Waals surface area contributed by atoms with Gasteiger partial charge in [0.2, 0.25) is 0 Å². The summed E-state index contributed by atoms with van der Waals surface area (Å²) in [5.74, 6) is 0.261. The first-order valence-corrected chi connectivity index (χ1v) is 7.23. The molecule has 1 aliphatic carbocycles. The molecular formula is C15H22FN3O. The number of pyridine rings is 1. The Morgan fingerprint density at radius 1 is 1.55 bits per heavy atom. The topological polar surface area (TPSA) is 45.2 Å². The Balaban J connectivity index is 2.27. The smallest absolute Gasteiger partial charge is 0.257 e. The van der Waals surface area contributed by atoms with E-state index >= 15 is 0 Å². The van der Waals surface area contributed by atoms with E-state index in [2.05, 4.69) is 24.1 Å². The van der Waals surface area contributed by atoms with Gasteiger partial charge in [-0.3, -0.25) is 4.79 Å². The normalized spacial score (nSPS) is 14.4. The van der Waals surface area contributed by atoms with Gasteiger partial charge in [0.25, 0.3) is 5.91 Å². The van der Waals surface area contributed by atoms with Crippen LogP contribution in [0.4, 0.5) is 10.2 Å². The fourth-order valence-electron chi connectivity index (χ4n) is 2.24. The Morgan fingerprint density at radius 3 is 2.80 bits per heavy atom. The van der Waals surface area contributed by atoms with Crippen molar-refractivity contribution in [1.29, 1.82) is 0 Å². The van der Waals surface area contributed by atoms with E-state index in [9.17, 15) is 9.18 Å². The second kappa shape index (κ2) is 6.20. The molecule has 20 heavy (non-hydrogen) atoms. The Morgan fingerprint density at radius 2 is 2.25 bits per heavy atom. The number of carbonyl (C=O) groups is 1. The van der Waals surface area contributed by atoms with E-state index in [0.717, 1.165) is 19.0 Å². The summed E-state index contributed by atoms with van der Waals surface area (Å²) in [6, 6.07) is 1.59. The van der Waals surface area contributed by atoms with Crippen LogP contribution >= 0.6 is 0 Å². The van der Waals surface area contributed by atoms with Crippen molar-refractivity contribution in [3.05, 3.63) is 23.6 Å². The molecule has 0 radical (unpaired) electrons. The van der Waals surface area contributed by atoms with E-state index < -0.39 is 5.82 Å². The summed E-state index contributed by atoms with van der Waals surface area (Å²) >= 11 is 0. The van der Waals surface area contributed by atoms with E-state index in [-0.39, 0.29) is 5.91 Å². The number of aromatic nitrogens is 1. The lowest BCUT2D eigenvalue weighted by molar-refractivity contribution is 0.0722. The second-order valence-corrected chi connectivity index (χ2v) is 5.66. The van der Waals surface area contributed by atoms with Crippen molar-refractivity contribution in [3.63, 3.8) is 0 Å². The van der Waals surface area contributed by atoms with Gasteiger partial charge in [0.15, 0.2) is 0 Å². The van der Waals surface area contributed by atoms with Gasteiger partial charge in [0.1, 0.15) is 11.6 Å². The van der Waals surface area contributed by atoms with E-state index in [4.69, 9.17) is 0 Å². The van der Waals surface area contributed by atoms with Gasteiger partial charge in [-0.1, -0.05) is 13.8 Å². The number of nitrogens with zero attached hydrogens (tertiary/aromatic N) is 2. The van der Waals surface area contributed by atoms with Gasteiger partial charge in [0.05, 0.1) is 11.8 Å². The molecule has 1 aromatic rings. The molecule has 0 aliphatic heterocycles. The first-order valence-electron chi connectivity index (χ1n) is 7.23. The number of rotatable bonds is 6. The maximum absolute atomic E-state index is 13.4. The maximum Gasteiger partial charge on any atom is 0.257 e. The van der Waals surface area contributed by atoms with Gasteiger partial charge < -0.3 is 10.2 Å². The molecule has 110 valence electrons. The maximum atomic E-state index is 13.4. The van der Waals surface area contributed by atoms with Crippen molar-refractivity contribution in [2.24, 2.45) is 5.92 Å². The standard InChI is InChI=1S/C15H22FN3O/c1-4-17-14-13(7-11(16)8-18-14)15(20)19(9-10(2)3)12-5-6-12/h7-8,10,12H,4-6,9H2,1-3H3,(H,17,18). The molecule has 1 aromatic heterocycles. The lowest BCUT2D eigenvalue weighted by Crippen LogP contribution is -2.36. The number of amides is 1. The monoisotopic (exact) mass is 279 g/mol. The summed E-state index contributed by atoms with van der Waals surface area (Å²) in [6.07, 6.45) is 3.22. The van der Waals surface area contributed by atoms with E-state index in [1.165, 1.54) is 6.07 Å². The quantitative estimate of drug-likeness (QED) is 0.871. The summed E-state index contributed by atoms with van der Waals surface area (Å²) in [7, 11) is 0. The van der Waals surface area contributed by atoms with Crippen LogP contribution in [-0.4, -0.2) is 34.9 Å². The molecule has 4 nitrogen and oxygen atoms in total. The van der Waals surface area contributed by atoms with Crippen LogP contribution < -0.4 is 5.32 Å². The number of anilines is 1. The molecule has 0 atom stereocenters. The lowest BCUT2D eigenvalue weighted by Gasteiger charge is -2.25. The van der Waals surface area contributed by atoms with Gasteiger partial charge >= 0.3 is 0 Å². The summed E-state index contributed by atoms with van der Waals surface area (Å²) in [6.45, 7) is 7.43. The fraction of sp³-hybridized carbons (Fsp3) is 0.600. The van der Waals surface area contributed by atoms with Crippen molar-refractivity contribution in [3.8, 4) is 0 Å². The van der Waals surface area contributed by atoms with Crippen molar-refractivity contribution in [2.45, 2.75) is 39.7 Å². The van der Waals surface area contributed by atoms with Gasteiger partial charge in [-0.05, 0) is 31.7 Å². The van der Waals surface area contributed by atoms with Crippen molar-refractivity contribution >= 4 is 11.7 Å². The Kier molecular flexibility index (Phi) is 4.57. The minimum atomic E-state index is -0.477. The van der Waals surface area contributed by atoms with Crippen LogP contribution in [0.3, 0.4) is 0 Å². The Bertz CT molecular complexity index is 486. The number of hydrogen-bond donors (Lipinski definition) is 1. The summed E-state index contributed by atoms with van der Waals surface area (Å²) in [5.41, 5.74) is 0.333. The van der Waals surface area contributed by atoms with Gasteiger partial charge in [-0.15, -0.1) is 0 Å². The highest BCUT2D eigenvalue weighted by molar-refractivity contribution is 5.99. The van der Waals surface area contributed by atoms with Gasteiger partial charge in [-0.25, -0.2) is 9.37 Å². The van der Waals surface area contributed by atoms with E-state index in [1.807, 2.05) is 11.8 Å². The Labute approximate surface area is 119 Å². The number of nitrogens with one attached hydrogen (secondary N) is 1. The number of hydrogen-bond acceptors (Lipinski definition) is 3. The molecule has 0 spiro atoms. The van der Waals surface area contributed by atoms with Crippen LogP contribution in [0.1, 0.15) is 44.0 Å². The highest BCUT2D eigenvalue weighted by Crippen LogP contribution is 2.30. The third kappa shape index (κ3) is 3.46. The number of halogens is 1. The molecule has 5 heteroatoms. The zero-order valence-corrected chi connectivity index (χ0v) is 12.3. The molecule has 2 rings (SSSR count). The fourth-order valence-corrected chi connectivity index (χ4v) is 2.24. The molecule has 1 fully saturated rings. The van der Waals surface area contributed by atoms with Gasteiger partial charge in [-0.2, -0.15) is 0 Å². The molecule has 0 aromatic carbocycles. The molecule has 1 N–H and O–H groups in total. The number of carbonyl (C=O) groups excluding carboxylic acids is 1. The molecule has 1 aliphatic rings. The van der Waals surface area contributed by atoms with E-state index in [0.29, 0.717) is 36.4 Å². The minimum absolute atomic E-state index is 0.121. The molecule has 1 amide bonds. The van der Waals surface area contributed by atoms with Crippen molar-refractivity contribution in [2.75, 3.05) is 18.4 Å². The van der Waals surface area contributed by atoms with Gasteiger partial charge in [0, 0.05) is 19.1 Å². The SMILES string of the molecule is CCNc1ncc(F)cc1C(=O)N(CC(C)C)C1CC1. The van der Waals surface area contributed by atoms with Crippen LogP contribution in [0, 0.1) is 11.7 Å². The average molecular weight is 279 g/mol. The lowest BCUT2D eigenvalue weighted by atomic mass is 10.1. The van der Waals surface area contributed by atoms with Crippen LogP contribution in [0.25, 0.3) is 0 Å². The highest BCUT2D eigenvalue weighted by atomic mass is 19.1. The summed E-state index contributed by atoms with van der Waals surface area (Å²) < 4.78 is 13.4. The zero-order chi connectivity index (χ0) is 14.7. The molecule has 0 saturated heterocycles. The average Bonchev–Trinajstić information content (AvgIpc) is 3.21. The predicted octanol–water partition coefficient (Wildman–Crippen LogP) is 2.91. The Hall–Kier alpha value is -1.65. The third-order valence-corrected chi connectivity index (χ3v) is 3.24.